The van der Waals surface area contributed by atoms with Crippen molar-refractivity contribution in [3.05, 3.63) is 48.9 Å². The summed E-state index contributed by atoms with van der Waals surface area (Å²) in [5.74, 6) is -0.130. The lowest BCUT2D eigenvalue weighted by molar-refractivity contribution is -0.116. The lowest BCUT2D eigenvalue weighted by Crippen LogP contribution is -2.09. The minimum Gasteiger partial charge on any atom is -0.325 e. The van der Waals surface area contributed by atoms with Crippen LogP contribution < -0.4 is 5.32 Å². The van der Waals surface area contributed by atoms with E-state index >= 15 is 0 Å². The summed E-state index contributed by atoms with van der Waals surface area (Å²) >= 11 is 0. The van der Waals surface area contributed by atoms with E-state index in [1.165, 1.54) is 0 Å². The van der Waals surface area contributed by atoms with Gasteiger partial charge in [-0.1, -0.05) is 30.4 Å². The molecule has 1 atom stereocenters. The fourth-order valence-corrected chi connectivity index (χ4v) is 1.56. The smallest absolute Gasteiger partial charge is 0.235 e. The van der Waals surface area contributed by atoms with Crippen LogP contribution in [0.4, 0.5) is 5.69 Å². The first kappa shape index (κ1) is 8.05. The van der Waals surface area contributed by atoms with Crippen molar-refractivity contribution in [1.82, 2.24) is 0 Å². The highest BCUT2D eigenvalue weighted by molar-refractivity contribution is 6.04. The van der Waals surface area contributed by atoms with E-state index in [9.17, 15) is 4.79 Å². The molecule has 1 N–H and O–H groups in total. The first-order chi connectivity index (χ1) is 6.33. The Morgan fingerprint density at radius 1 is 1.38 bits per heavy atom. The van der Waals surface area contributed by atoms with Crippen LogP contribution in [0.1, 0.15) is 11.5 Å². The van der Waals surface area contributed by atoms with Gasteiger partial charge in [0.25, 0.3) is 0 Å². The van der Waals surface area contributed by atoms with Crippen molar-refractivity contribution in [3.63, 3.8) is 0 Å². The molecule has 0 spiro atoms. The van der Waals surface area contributed by atoms with Crippen LogP contribution in [0.25, 0.3) is 0 Å². The summed E-state index contributed by atoms with van der Waals surface area (Å²) in [6, 6.07) is 7.71. The van der Waals surface area contributed by atoms with Crippen molar-refractivity contribution < 1.29 is 4.79 Å². The second kappa shape index (κ2) is 3.05. The van der Waals surface area contributed by atoms with Crippen LogP contribution in [0.3, 0.4) is 0 Å². The molecule has 2 heteroatoms. The van der Waals surface area contributed by atoms with Gasteiger partial charge in [-0.25, -0.2) is 0 Å². The van der Waals surface area contributed by atoms with Crippen LogP contribution in [0.2, 0.25) is 0 Å². The van der Waals surface area contributed by atoms with E-state index in [1.807, 2.05) is 24.3 Å². The average molecular weight is 172 g/mol. The van der Waals surface area contributed by atoms with Crippen LogP contribution in [0.5, 0.6) is 0 Å². The van der Waals surface area contributed by atoms with Gasteiger partial charge < -0.3 is 5.32 Å². The maximum Gasteiger partial charge on any atom is 0.235 e. The predicted octanol–water partition coefficient (Wildman–Crippen LogP) is 2.11. The molecule has 2 rings (SSSR count). The third kappa shape index (κ3) is 1.24. The van der Waals surface area contributed by atoms with Gasteiger partial charge in [-0.2, -0.15) is 0 Å². The number of allylic oxidation sites excluding steroid dienone is 1. The molecule has 13 heavy (non-hydrogen) atoms. The highest BCUT2D eigenvalue weighted by Crippen LogP contribution is 2.32. The second-order valence-electron chi connectivity index (χ2n) is 2.98. The van der Waals surface area contributed by atoms with Crippen molar-refractivity contribution in [2.24, 2.45) is 0 Å². The highest BCUT2D eigenvalue weighted by Gasteiger charge is 2.27. The fourth-order valence-electron chi connectivity index (χ4n) is 1.56. The molecule has 65 valence electrons. The summed E-state index contributed by atoms with van der Waals surface area (Å²) in [6.45, 7) is 3.60. The molecular formula is C11H10NO. The monoisotopic (exact) mass is 172 g/mol. The van der Waals surface area contributed by atoms with Gasteiger partial charge >= 0.3 is 0 Å². The number of benzene rings is 1. The Balaban J connectivity index is 2.46. The molecule has 0 fully saturated rings. The van der Waals surface area contributed by atoms with Crippen LogP contribution in [-0.4, -0.2) is 5.91 Å². The van der Waals surface area contributed by atoms with E-state index in [1.54, 1.807) is 12.2 Å². The summed E-state index contributed by atoms with van der Waals surface area (Å²) in [6.07, 6.45) is 3.47. The largest absolute Gasteiger partial charge is 0.325 e. The van der Waals surface area contributed by atoms with Crippen molar-refractivity contribution in [1.29, 1.82) is 0 Å². The minimum atomic E-state index is -0.159. The predicted molar refractivity (Wildman–Crippen MR) is 52.3 cm³/mol. The minimum absolute atomic E-state index is 0.0288. The quantitative estimate of drug-likeness (QED) is 0.690. The first-order valence-corrected chi connectivity index (χ1v) is 4.18. The Morgan fingerprint density at radius 3 is 2.92 bits per heavy atom. The zero-order valence-electron chi connectivity index (χ0n) is 7.16. The number of carbonyl (C=O) groups is 1. The van der Waals surface area contributed by atoms with Gasteiger partial charge in [0.15, 0.2) is 0 Å². The topological polar surface area (TPSA) is 29.1 Å². The van der Waals surface area contributed by atoms with Crippen molar-refractivity contribution in [2.75, 3.05) is 5.32 Å². The lowest BCUT2D eigenvalue weighted by Gasteiger charge is -2.00. The normalized spacial score (nSPS) is 20.4. The molecule has 1 aromatic carbocycles. The summed E-state index contributed by atoms with van der Waals surface area (Å²) in [7, 11) is 0. The Kier molecular flexibility index (Phi) is 1.89. The lowest BCUT2D eigenvalue weighted by atomic mass is 10.0. The zero-order valence-corrected chi connectivity index (χ0v) is 7.16. The maximum absolute atomic E-state index is 11.4. The Morgan fingerprint density at radius 2 is 2.15 bits per heavy atom. The molecule has 0 aliphatic carbocycles. The van der Waals surface area contributed by atoms with Crippen molar-refractivity contribution >= 4 is 11.6 Å². The third-order valence-electron chi connectivity index (χ3n) is 2.16. The number of fused-ring (bicyclic) bond motifs is 1. The molecule has 1 aliphatic heterocycles. The number of anilines is 1. The van der Waals surface area contributed by atoms with E-state index in [-0.39, 0.29) is 11.8 Å². The van der Waals surface area contributed by atoms with Gasteiger partial charge in [0.2, 0.25) is 5.91 Å². The second-order valence-corrected chi connectivity index (χ2v) is 2.98. The van der Waals surface area contributed by atoms with E-state index in [2.05, 4.69) is 12.2 Å². The van der Waals surface area contributed by atoms with E-state index in [0.717, 1.165) is 11.3 Å². The zero-order chi connectivity index (χ0) is 9.26. The van der Waals surface area contributed by atoms with Gasteiger partial charge in [0.05, 0.1) is 5.92 Å². The van der Waals surface area contributed by atoms with Crippen LogP contribution in [0, 0.1) is 6.92 Å². The number of para-hydroxylation sites is 1. The molecule has 1 radical (unpaired) electrons. The molecule has 0 aromatic heterocycles. The molecule has 0 bridgehead atoms. The van der Waals surface area contributed by atoms with Crippen LogP contribution in [0.15, 0.2) is 36.4 Å². The summed E-state index contributed by atoms with van der Waals surface area (Å²) < 4.78 is 0. The molecule has 1 aliphatic rings. The number of carbonyl (C=O) groups excluding carboxylic acids is 1. The van der Waals surface area contributed by atoms with Gasteiger partial charge in [0.1, 0.15) is 0 Å². The Bertz CT molecular complexity index is 368. The summed E-state index contributed by atoms with van der Waals surface area (Å²) in [5.41, 5.74) is 1.95. The average Bonchev–Trinajstić information content (AvgIpc) is 2.44. The van der Waals surface area contributed by atoms with E-state index < -0.39 is 0 Å². The van der Waals surface area contributed by atoms with Crippen molar-refractivity contribution in [3.8, 4) is 0 Å². The van der Waals surface area contributed by atoms with Gasteiger partial charge in [0, 0.05) is 5.69 Å². The van der Waals surface area contributed by atoms with Crippen LogP contribution in [-0.2, 0) is 4.79 Å². The SMILES string of the molecule is [CH2]/C=C/C1C(=O)Nc2ccccc21. The molecule has 0 saturated carbocycles. The van der Waals surface area contributed by atoms with Gasteiger partial charge in [-0.15, -0.1) is 0 Å². The fraction of sp³-hybridized carbons (Fsp3) is 0.0909. The van der Waals surface area contributed by atoms with Gasteiger partial charge in [-0.05, 0) is 18.6 Å². The van der Waals surface area contributed by atoms with Crippen LogP contribution >= 0.6 is 0 Å². The number of hydrogen-bond donors (Lipinski definition) is 1. The molecule has 1 unspecified atom stereocenters. The molecule has 2 nitrogen and oxygen atoms in total. The third-order valence-corrected chi connectivity index (χ3v) is 2.16. The summed E-state index contributed by atoms with van der Waals surface area (Å²) in [4.78, 5) is 11.4. The van der Waals surface area contributed by atoms with E-state index in [4.69, 9.17) is 0 Å². The number of amides is 1. The standard InChI is InChI=1S/C11H10NO/c1-2-5-9-8-6-3-4-7-10(8)12-11(9)13/h2-7,9H,1H2,(H,12,13)/b5-2+. The van der Waals surface area contributed by atoms with E-state index in [0.29, 0.717) is 0 Å². The maximum atomic E-state index is 11.4. The molecule has 1 amide bonds. The summed E-state index contributed by atoms with van der Waals surface area (Å²) in [5, 5.41) is 2.81. The first-order valence-electron chi connectivity index (χ1n) is 4.18. The molecule has 1 heterocycles. The molecule has 1 aromatic rings. The number of rotatable bonds is 1. The van der Waals surface area contributed by atoms with Gasteiger partial charge in [-0.3, -0.25) is 4.79 Å². The molecular weight excluding hydrogens is 162 g/mol. The number of nitrogens with one attached hydrogen (secondary N) is 1. The Labute approximate surface area is 77.3 Å². The van der Waals surface area contributed by atoms with Crippen molar-refractivity contribution in [2.45, 2.75) is 5.92 Å². The Hall–Kier alpha value is -1.57. The molecule has 0 saturated heterocycles. The highest BCUT2D eigenvalue weighted by atomic mass is 16.2. The number of hydrogen-bond acceptors (Lipinski definition) is 1.